The van der Waals surface area contributed by atoms with Gasteiger partial charge in [0.2, 0.25) is 5.95 Å². The topological polar surface area (TPSA) is 78.8 Å². The Morgan fingerprint density at radius 3 is 2.89 bits per heavy atom. The van der Waals surface area contributed by atoms with Crippen molar-refractivity contribution in [2.45, 2.75) is 6.92 Å². The molecule has 0 unspecified atom stereocenters. The fraction of sp³-hybridized carbons (Fsp3) is 0.154. The Balaban J connectivity index is 2.44. The summed E-state index contributed by atoms with van der Waals surface area (Å²) in [6.45, 7) is 1.92. The number of nitriles is 1. The highest BCUT2D eigenvalue weighted by Gasteiger charge is 2.10. The Bertz CT molecular complexity index is 615. The van der Waals surface area contributed by atoms with Gasteiger partial charge in [0.1, 0.15) is 5.82 Å². The van der Waals surface area contributed by atoms with Crippen molar-refractivity contribution in [3.05, 3.63) is 41.6 Å². The first-order chi connectivity index (χ1) is 8.61. The number of hydrogen-bond donors (Lipinski definition) is 1. The summed E-state index contributed by atoms with van der Waals surface area (Å²) in [6.07, 6.45) is 1.68. The molecule has 0 radical (unpaired) electrons. The van der Waals surface area contributed by atoms with Crippen LogP contribution in [0, 0.1) is 18.3 Å². The molecule has 0 aliphatic carbocycles. The molecule has 2 aromatic rings. The van der Waals surface area contributed by atoms with E-state index in [4.69, 9.17) is 11.0 Å². The Morgan fingerprint density at radius 1 is 1.39 bits per heavy atom. The number of rotatable bonds is 2. The van der Waals surface area contributed by atoms with Gasteiger partial charge in [-0.15, -0.1) is 0 Å². The fourth-order valence-electron chi connectivity index (χ4n) is 1.69. The van der Waals surface area contributed by atoms with Crippen LogP contribution in [0.5, 0.6) is 0 Å². The number of aromatic nitrogens is 2. The molecule has 0 spiro atoms. The van der Waals surface area contributed by atoms with Crippen molar-refractivity contribution in [1.29, 1.82) is 5.26 Å². The zero-order valence-corrected chi connectivity index (χ0v) is 10.3. The Labute approximate surface area is 106 Å². The molecule has 18 heavy (non-hydrogen) atoms. The van der Waals surface area contributed by atoms with Gasteiger partial charge in [-0.25, -0.2) is 4.98 Å². The number of benzene rings is 1. The third-order valence-corrected chi connectivity index (χ3v) is 2.64. The average molecular weight is 239 g/mol. The molecule has 1 aromatic heterocycles. The van der Waals surface area contributed by atoms with Crippen LogP contribution in [0.1, 0.15) is 11.1 Å². The van der Waals surface area contributed by atoms with Gasteiger partial charge in [-0.05, 0) is 25.1 Å². The molecule has 0 atom stereocenters. The maximum Gasteiger partial charge on any atom is 0.221 e. The van der Waals surface area contributed by atoms with E-state index in [0.717, 1.165) is 17.1 Å². The van der Waals surface area contributed by atoms with Crippen LogP contribution in [0.15, 0.2) is 30.5 Å². The molecule has 1 heterocycles. The van der Waals surface area contributed by atoms with E-state index in [1.54, 1.807) is 18.3 Å². The monoisotopic (exact) mass is 239 g/mol. The van der Waals surface area contributed by atoms with Gasteiger partial charge in [-0.1, -0.05) is 6.07 Å². The second-order valence-electron chi connectivity index (χ2n) is 3.96. The molecule has 2 rings (SSSR count). The summed E-state index contributed by atoms with van der Waals surface area (Å²) in [6, 6.07) is 9.43. The van der Waals surface area contributed by atoms with Crippen LogP contribution < -0.4 is 10.6 Å². The molecule has 0 fully saturated rings. The first-order valence-electron chi connectivity index (χ1n) is 5.45. The molecule has 5 heteroatoms. The summed E-state index contributed by atoms with van der Waals surface area (Å²) < 4.78 is 0. The van der Waals surface area contributed by atoms with Crippen LogP contribution in [-0.4, -0.2) is 17.0 Å². The van der Waals surface area contributed by atoms with Gasteiger partial charge in [-0.3, -0.25) is 0 Å². The summed E-state index contributed by atoms with van der Waals surface area (Å²) in [4.78, 5) is 10.0. The van der Waals surface area contributed by atoms with Gasteiger partial charge in [0.15, 0.2) is 0 Å². The summed E-state index contributed by atoms with van der Waals surface area (Å²) >= 11 is 0. The lowest BCUT2D eigenvalue weighted by Gasteiger charge is -2.20. The minimum Gasteiger partial charge on any atom is -0.368 e. The van der Waals surface area contributed by atoms with E-state index in [1.807, 2.05) is 31.0 Å². The molecule has 1 aromatic carbocycles. The van der Waals surface area contributed by atoms with Crippen molar-refractivity contribution < 1.29 is 0 Å². The highest BCUT2D eigenvalue weighted by atomic mass is 15.2. The molecule has 0 aliphatic rings. The van der Waals surface area contributed by atoms with Crippen molar-refractivity contribution in [2.24, 2.45) is 0 Å². The zero-order chi connectivity index (χ0) is 13.1. The van der Waals surface area contributed by atoms with Crippen molar-refractivity contribution >= 4 is 17.5 Å². The van der Waals surface area contributed by atoms with Crippen LogP contribution in [0.3, 0.4) is 0 Å². The maximum absolute atomic E-state index is 8.90. The highest BCUT2D eigenvalue weighted by Crippen LogP contribution is 2.25. The van der Waals surface area contributed by atoms with Gasteiger partial charge >= 0.3 is 0 Å². The van der Waals surface area contributed by atoms with Gasteiger partial charge < -0.3 is 10.6 Å². The smallest absolute Gasteiger partial charge is 0.221 e. The van der Waals surface area contributed by atoms with Crippen LogP contribution in [0.2, 0.25) is 0 Å². The van der Waals surface area contributed by atoms with Crippen molar-refractivity contribution in [3.63, 3.8) is 0 Å². The van der Waals surface area contributed by atoms with E-state index in [1.165, 1.54) is 0 Å². The molecule has 0 bridgehead atoms. The van der Waals surface area contributed by atoms with E-state index in [-0.39, 0.29) is 5.95 Å². The number of hydrogen-bond acceptors (Lipinski definition) is 5. The van der Waals surface area contributed by atoms with E-state index in [2.05, 4.69) is 16.0 Å². The zero-order valence-electron chi connectivity index (χ0n) is 10.3. The number of nitrogens with zero attached hydrogens (tertiary/aromatic N) is 4. The predicted molar refractivity (Wildman–Crippen MR) is 70.4 cm³/mol. The van der Waals surface area contributed by atoms with Crippen molar-refractivity contribution in [1.82, 2.24) is 9.97 Å². The molecule has 0 amide bonds. The van der Waals surface area contributed by atoms with Gasteiger partial charge in [0.05, 0.1) is 11.6 Å². The van der Waals surface area contributed by atoms with Crippen molar-refractivity contribution in [3.8, 4) is 6.07 Å². The SMILES string of the molecule is Cc1cnc(N)nc1N(C)c1cccc(C#N)c1. The molecular weight excluding hydrogens is 226 g/mol. The quantitative estimate of drug-likeness (QED) is 0.867. The highest BCUT2D eigenvalue weighted by molar-refractivity contribution is 5.63. The fourth-order valence-corrected chi connectivity index (χ4v) is 1.69. The van der Waals surface area contributed by atoms with Gasteiger partial charge in [0.25, 0.3) is 0 Å². The first-order valence-corrected chi connectivity index (χ1v) is 5.45. The lowest BCUT2D eigenvalue weighted by atomic mass is 10.2. The molecule has 0 aliphatic heterocycles. The standard InChI is InChI=1S/C13H13N5/c1-9-8-16-13(15)17-12(9)18(2)11-5-3-4-10(6-11)7-14/h3-6,8H,1-2H3,(H2,15,16,17). The molecule has 0 saturated heterocycles. The number of aryl methyl sites for hydroxylation is 1. The van der Waals surface area contributed by atoms with Crippen molar-refractivity contribution in [2.75, 3.05) is 17.7 Å². The maximum atomic E-state index is 8.90. The lowest BCUT2D eigenvalue weighted by molar-refractivity contribution is 1.06. The largest absolute Gasteiger partial charge is 0.368 e. The number of nitrogens with two attached hydrogens (primary N) is 1. The minimum atomic E-state index is 0.235. The Morgan fingerprint density at radius 2 is 2.17 bits per heavy atom. The second-order valence-corrected chi connectivity index (χ2v) is 3.96. The summed E-state index contributed by atoms with van der Waals surface area (Å²) in [5.41, 5.74) is 8.02. The van der Waals surface area contributed by atoms with Crippen LogP contribution in [0.25, 0.3) is 0 Å². The molecule has 0 saturated carbocycles. The first kappa shape index (κ1) is 11.9. The predicted octanol–water partition coefficient (Wildman–Crippen LogP) is 2.01. The third-order valence-electron chi connectivity index (χ3n) is 2.64. The molecule has 5 nitrogen and oxygen atoms in total. The average Bonchev–Trinajstić information content (AvgIpc) is 2.41. The third kappa shape index (κ3) is 2.23. The van der Waals surface area contributed by atoms with Crippen LogP contribution in [-0.2, 0) is 0 Å². The number of nitrogen functional groups attached to an aromatic ring is 1. The molecule has 2 N–H and O–H groups in total. The second kappa shape index (κ2) is 4.72. The normalized spacial score (nSPS) is 9.83. The van der Waals surface area contributed by atoms with E-state index < -0.39 is 0 Å². The van der Waals surface area contributed by atoms with Gasteiger partial charge in [-0.2, -0.15) is 10.2 Å². The summed E-state index contributed by atoms with van der Waals surface area (Å²) in [5, 5.41) is 8.90. The summed E-state index contributed by atoms with van der Waals surface area (Å²) in [5.74, 6) is 0.969. The van der Waals surface area contributed by atoms with E-state index in [0.29, 0.717) is 5.56 Å². The minimum absolute atomic E-state index is 0.235. The van der Waals surface area contributed by atoms with E-state index in [9.17, 15) is 0 Å². The lowest BCUT2D eigenvalue weighted by Crippen LogP contribution is -2.14. The van der Waals surface area contributed by atoms with Crippen LogP contribution in [0.4, 0.5) is 17.5 Å². The molecular formula is C13H13N5. The summed E-state index contributed by atoms with van der Waals surface area (Å²) in [7, 11) is 1.88. The Hall–Kier alpha value is -2.61. The molecule has 90 valence electrons. The van der Waals surface area contributed by atoms with Gasteiger partial charge in [0, 0.05) is 24.5 Å². The Kier molecular flexibility index (Phi) is 3.11. The van der Waals surface area contributed by atoms with Crippen LogP contribution >= 0.6 is 0 Å². The number of anilines is 3. The van der Waals surface area contributed by atoms with E-state index >= 15 is 0 Å².